The maximum absolute atomic E-state index is 12.4. The maximum atomic E-state index is 12.4. The zero-order chi connectivity index (χ0) is 21.5. The van der Waals surface area contributed by atoms with Crippen molar-refractivity contribution in [3.8, 4) is 11.8 Å². The summed E-state index contributed by atoms with van der Waals surface area (Å²) >= 11 is 3.32. The Balaban J connectivity index is 1.70. The van der Waals surface area contributed by atoms with E-state index in [1.165, 1.54) is 6.08 Å². The van der Waals surface area contributed by atoms with Crippen molar-refractivity contribution < 1.29 is 14.3 Å². The number of halogens is 1. The Hall–Kier alpha value is -3.69. The van der Waals surface area contributed by atoms with E-state index in [9.17, 15) is 14.9 Å². The van der Waals surface area contributed by atoms with E-state index in [1.807, 2.05) is 37.3 Å². The molecule has 30 heavy (non-hydrogen) atoms. The van der Waals surface area contributed by atoms with Crippen LogP contribution in [0.5, 0.6) is 5.75 Å². The van der Waals surface area contributed by atoms with Gasteiger partial charge in [-0.1, -0.05) is 36.4 Å². The monoisotopic (exact) mass is 460 g/mol. The third kappa shape index (κ3) is 5.43. The molecule has 1 N–H and O–H groups in total. The van der Waals surface area contributed by atoms with E-state index in [4.69, 9.17) is 4.74 Å². The van der Waals surface area contributed by atoms with Gasteiger partial charge < -0.3 is 10.1 Å². The molecular formula is C24H17BrN2O3. The molecule has 0 radical (unpaired) electrons. The van der Waals surface area contributed by atoms with E-state index in [-0.39, 0.29) is 5.57 Å². The molecule has 1 amide bonds. The van der Waals surface area contributed by atoms with Crippen LogP contribution in [0, 0.1) is 18.3 Å². The number of nitriles is 1. The molecular weight excluding hydrogens is 444 g/mol. The van der Waals surface area contributed by atoms with Crippen LogP contribution in [-0.4, -0.2) is 11.9 Å². The summed E-state index contributed by atoms with van der Waals surface area (Å²) in [6.07, 6.45) is 1.48. The van der Waals surface area contributed by atoms with E-state index in [0.29, 0.717) is 27.0 Å². The van der Waals surface area contributed by atoms with Gasteiger partial charge in [-0.25, -0.2) is 4.79 Å². The zero-order valence-corrected chi connectivity index (χ0v) is 17.6. The molecule has 0 aliphatic carbocycles. The van der Waals surface area contributed by atoms with Crippen molar-refractivity contribution >= 4 is 39.6 Å². The van der Waals surface area contributed by atoms with Crippen molar-refractivity contribution in [2.24, 2.45) is 0 Å². The Morgan fingerprint density at radius 3 is 2.43 bits per heavy atom. The molecule has 0 aliphatic heterocycles. The van der Waals surface area contributed by atoms with E-state index < -0.39 is 11.9 Å². The third-order valence-electron chi connectivity index (χ3n) is 4.14. The number of anilines is 1. The van der Waals surface area contributed by atoms with Gasteiger partial charge in [0, 0.05) is 10.2 Å². The average molecular weight is 461 g/mol. The largest absolute Gasteiger partial charge is 0.423 e. The predicted molar refractivity (Wildman–Crippen MR) is 119 cm³/mol. The van der Waals surface area contributed by atoms with Crippen LogP contribution in [0.2, 0.25) is 0 Å². The second-order valence-electron chi connectivity index (χ2n) is 6.43. The summed E-state index contributed by atoms with van der Waals surface area (Å²) in [6, 6.07) is 22.8. The minimum Gasteiger partial charge on any atom is -0.423 e. The fraction of sp³-hybridized carbons (Fsp3) is 0.0417. The van der Waals surface area contributed by atoms with Crippen molar-refractivity contribution in [2.75, 3.05) is 5.32 Å². The number of esters is 1. The number of carbonyl (C=O) groups excluding carboxylic acids is 2. The lowest BCUT2D eigenvalue weighted by atomic mass is 10.1. The molecule has 6 heteroatoms. The van der Waals surface area contributed by atoms with Crippen LogP contribution in [0.4, 0.5) is 5.69 Å². The van der Waals surface area contributed by atoms with Gasteiger partial charge >= 0.3 is 5.97 Å². The molecule has 0 spiro atoms. The first-order valence-corrected chi connectivity index (χ1v) is 9.82. The van der Waals surface area contributed by atoms with Gasteiger partial charge in [0.2, 0.25) is 0 Å². The van der Waals surface area contributed by atoms with Gasteiger partial charge in [-0.05, 0) is 76.5 Å². The number of amides is 1. The number of nitrogens with zero attached hydrogens (tertiary/aromatic N) is 1. The highest BCUT2D eigenvalue weighted by molar-refractivity contribution is 9.10. The summed E-state index contributed by atoms with van der Waals surface area (Å²) in [5.41, 5.74) is 2.64. The van der Waals surface area contributed by atoms with Crippen molar-refractivity contribution in [2.45, 2.75) is 6.92 Å². The number of ether oxygens (including phenoxy) is 1. The predicted octanol–water partition coefficient (Wildman–Crippen LogP) is 5.52. The molecule has 0 aliphatic rings. The molecule has 148 valence electrons. The minimum atomic E-state index is -0.493. The summed E-state index contributed by atoms with van der Waals surface area (Å²) in [5.74, 6) is -0.621. The normalized spacial score (nSPS) is 10.8. The molecule has 0 saturated carbocycles. The number of benzene rings is 3. The lowest BCUT2D eigenvalue weighted by molar-refractivity contribution is -0.112. The second-order valence-corrected chi connectivity index (χ2v) is 7.29. The van der Waals surface area contributed by atoms with E-state index >= 15 is 0 Å². The summed E-state index contributed by atoms with van der Waals surface area (Å²) in [7, 11) is 0. The Bertz CT molecular complexity index is 1160. The van der Waals surface area contributed by atoms with Gasteiger partial charge in [-0.15, -0.1) is 0 Å². The number of rotatable bonds is 5. The van der Waals surface area contributed by atoms with Gasteiger partial charge in [0.1, 0.15) is 17.4 Å². The van der Waals surface area contributed by atoms with Crippen LogP contribution < -0.4 is 10.1 Å². The van der Waals surface area contributed by atoms with Gasteiger partial charge in [-0.2, -0.15) is 5.26 Å². The number of nitrogens with one attached hydrogen (secondary N) is 1. The Labute approximate surface area is 182 Å². The highest BCUT2D eigenvalue weighted by Gasteiger charge is 2.12. The summed E-state index contributed by atoms with van der Waals surface area (Å²) in [5, 5.41) is 12.1. The fourth-order valence-electron chi connectivity index (χ4n) is 2.66. The van der Waals surface area contributed by atoms with Gasteiger partial charge in [-0.3, -0.25) is 4.79 Å². The van der Waals surface area contributed by atoms with Crippen LogP contribution in [0.15, 0.2) is 82.8 Å². The molecule has 0 fully saturated rings. The standard InChI is InChI=1S/C24H17BrN2O3/c1-16-5-4-6-19(13-16)27-23(28)18(15-26)14-17-9-11-20(12-10-17)30-24(29)21-7-2-3-8-22(21)25/h2-14H,1H3,(H,27,28)/b18-14+. The Kier molecular flexibility index (Phi) is 6.79. The van der Waals surface area contributed by atoms with Crippen molar-refractivity contribution in [1.29, 1.82) is 5.26 Å². The van der Waals surface area contributed by atoms with Crippen LogP contribution in [0.3, 0.4) is 0 Å². The topological polar surface area (TPSA) is 79.2 Å². The zero-order valence-electron chi connectivity index (χ0n) is 16.1. The highest BCUT2D eigenvalue weighted by atomic mass is 79.9. The summed E-state index contributed by atoms with van der Waals surface area (Å²) in [4.78, 5) is 24.7. The lowest BCUT2D eigenvalue weighted by Crippen LogP contribution is -2.13. The van der Waals surface area contributed by atoms with E-state index in [2.05, 4.69) is 21.2 Å². The molecule has 3 aromatic rings. The van der Waals surface area contributed by atoms with Crippen molar-refractivity contribution in [3.63, 3.8) is 0 Å². The number of aryl methyl sites for hydroxylation is 1. The van der Waals surface area contributed by atoms with Crippen LogP contribution in [-0.2, 0) is 4.79 Å². The Morgan fingerprint density at radius 2 is 1.77 bits per heavy atom. The number of hydrogen-bond acceptors (Lipinski definition) is 4. The van der Waals surface area contributed by atoms with Gasteiger partial charge in [0.05, 0.1) is 5.56 Å². The third-order valence-corrected chi connectivity index (χ3v) is 4.83. The SMILES string of the molecule is Cc1cccc(NC(=O)/C(C#N)=C/c2ccc(OC(=O)c3ccccc3Br)cc2)c1. The lowest BCUT2D eigenvalue weighted by Gasteiger charge is -2.07. The molecule has 0 bridgehead atoms. The molecule has 0 unspecified atom stereocenters. The summed E-state index contributed by atoms with van der Waals surface area (Å²) in [6.45, 7) is 1.92. The molecule has 0 aromatic heterocycles. The first-order chi connectivity index (χ1) is 14.5. The first-order valence-electron chi connectivity index (χ1n) is 9.03. The minimum absolute atomic E-state index is 0.0329. The fourth-order valence-corrected chi connectivity index (χ4v) is 3.10. The van der Waals surface area contributed by atoms with Crippen molar-refractivity contribution in [3.05, 3.63) is 99.5 Å². The quantitative estimate of drug-likeness (QED) is 0.235. The highest BCUT2D eigenvalue weighted by Crippen LogP contribution is 2.20. The molecule has 0 heterocycles. The smallest absolute Gasteiger partial charge is 0.344 e. The first kappa shape index (κ1) is 21.0. The van der Waals surface area contributed by atoms with Crippen LogP contribution >= 0.6 is 15.9 Å². The van der Waals surface area contributed by atoms with Crippen molar-refractivity contribution in [1.82, 2.24) is 0 Å². The Morgan fingerprint density at radius 1 is 1.03 bits per heavy atom. The average Bonchev–Trinajstić information content (AvgIpc) is 2.73. The molecule has 3 rings (SSSR count). The second kappa shape index (κ2) is 9.68. The van der Waals surface area contributed by atoms with Gasteiger partial charge in [0.15, 0.2) is 0 Å². The summed E-state index contributed by atoms with van der Waals surface area (Å²) < 4.78 is 6.02. The van der Waals surface area contributed by atoms with Crippen LogP contribution in [0.25, 0.3) is 6.08 Å². The van der Waals surface area contributed by atoms with Crippen LogP contribution in [0.1, 0.15) is 21.5 Å². The number of carbonyl (C=O) groups is 2. The maximum Gasteiger partial charge on any atom is 0.344 e. The molecule has 3 aromatic carbocycles. The molecule has 0 atom stereocenters. The van der Waals surface area contributed by atoms with E-state index in [1.54, 1.807) is 48.5 Å². The van der Waals surface area contributed by atoms with Gasteiger partial charge in [0.25, 0.3) is 5.91 Å². The number of hydrogen-bond donors (Lipinski definition) is 1. The molecule has 5 nitrogen and oxygen atoms in total. The molecule has 0 saturated heterocycles. The van der Waals surface area contributed by atoms with E-state index in [0.717, 1.165) is 5.56 Å².